The Morgan fingerprint density at radius 3 is 2.83 bits per heavy atom. The molecule has 0 saturated carbocycles. The molecule has 0 aliphatic carbocycles. The molecule has 10 heteroatoms. The number of carbonyl (C=O) groups excluding carboxylic acids is 1. The Kier molecular flexibility index (Phi) is 8.51. The van der Waals surface area contributed by atoms with E-state index >= 15 is 0 Å². The van der Waals surface area contributed by atoms with E-state index in [2.05, 4.69) is 37.7 Å². The lowest BCUT2D eigenvalue weighted by Gasteiger charge is -2.35. The van der Waals surface area contributed by atoms with Crippen LogP contribution in [0.25, 0.3) is 0 Å². The number of hydrogen-bond acceptors (Lipinski definition) is 9. The Bertz CT molecular complexity index is 1040. The molecule has 4 heterocycles. The fourth-order valence-electron chi connectivity index (χ4n) is 4.46. The van der Waals surface area contributed by atoms with Gasteiger partial charge < -0.3 is 25.4 Å². The zero-order valence-corrected chi connectivity index (χ0v) is 20.1. The van der Waals surface area contributed by atoms with Crippen LogP contribution >= 0.6 is 0 Å². The van der Waals surface area contributed by atoms with Gasteiger partial charge in [-0.2, -0.15) is 4.98 Å². The van der Waals surface area contributed by atoms with Gasteiger partial charge in [0, 0.05) is 31.4 Å². The number of aryl methyl sites for hydroxylation is 1. The molecule has 4 N–H and O–H groups in total. The molecule has 3 aliphatic heterocycles. The second-order valence-electron chi connectivity index (χ2n) is 8.89. The molecule has 1 saturated heterocycles. The molecule has 2 aromatic rings. The largest absolute Gasteiger partial charge is 0.371 e. The average Bonchev–Trinajstić information content (AvgIpc) is 2.85. The zero-order valence-electron chi connectivity index (χ0n) is 20.1. The van der Waals surface area contributed by atoms with Crippen molar-refractivity contribution in [1.29, 1.82) is 0 Å². The molecule has 3 aliphatic rings. The predicted molar refractivity (Wildman–Crippen MR) is 135 cm³/mol. The lowest BCUT2D eigenvalue weighted by atomic mass is 9.92. The van der Waals surface area contributed by atoms with Crippen LogP contribution in [0.1, 0.15) is 41.7 Å². The highest BCUT2D eigenvalue weighted by molar-refractivity contribution is 6.08. The minimum atomic E-state index is -0.401. The second-order valence-corrected chi connectivity index (χ2v) is 8.89. The van der Waals surface area contributed by atoms with Gasteiger partial charge in [-0.25, -0.2) is 4.98 Å². The minimum Gasteiger partial charge on any atom is -0.371 e. The number of allylic oxidation sites excluding steroid dienone is 1. The molecule has 1 aromatic heterocycles. The van der Waals surface area contributed by atoms with Crippen LogP contribution in [-0.2, 0) is 4.74 Å². The molecular weight excluding hydrogens is 448 g/mol. The van der Waals surface area contributed by atoms with Gasteiger partial charge in [0.25, 0.3) is 5.91 Å². The number of hydroxylamine groups is 1. The molecular formula is C25H34N6O4. The minimum absolute atomic E-state index is 0.174. The van der Waals surface area contributed by atoms with Gasteiger partial charge >= 0.3 is 0 Å². The van der Waals surface area contributed by atoms with E-state index in [9.17, 15) is 10.0 Å². The van der Waals surface area contributed by atoms with E-state index in [4.69, 9.17) is 9.84 Å². The van der Waals surface area contributed by atoms with Gasteiger partial charge in [0.1, 0.15) is 12.6 Å². The Hall–Kier alpha value is -3.21. The molecule has 0 spiro atoms. The van der Waals surface area contributed by atoms with Crippen molar-refractivity contribution >= 4 is 29.0 Å². The highest BCUT2D eigenvalue weighted by atomic mass is 16.6. The van der Waals surface area contributed by atoms with E-state index < -0.39 is 6.79 Å². The topological polar surface area (TPSA) is 123 Å². The highest BCUT2D eigenvalue weighted by Crippen LogP contribution is 2.32. The summed E-state index contributed by atoms with van der Waals surface area (Å²) >= 11 is 0. The fourth-order valence-corrected chi connectivity index (χ4v) is 4.46. The highest BCUT2D eigenvalue weighted by Gasteiger charge is 2.24. The van der Waals surface area contributed by atoms with Gasteiger partial charge in [0.15, 0.2) is 0 Å². The number of benzene rings is 1. The number of anilines is 4. The number of aliphatic hydroxyl groups is 1. The number of carbonyl (C=O) groups is 1. The van der Waals surface area contributed by atoms with Crippen LogP contribution < -0.4 is 20.6 Å². The summed E-state index contributed by atoms with van der Waals surface area (Å²) in [6, 6.07) is 7.01. The first kappa shape index (κ1) is 24.9. The molecule has 35 heavy (non-hydrogen) atoms. The van der Waals surface area contributed by atoms with Gasteiger partial charge in [-0.15, -0.1) is 0 Å². The first-order valence-corrected chi connectivity index (χ1v) is 12.1. The molecule has 4 bridgehead atoms. The van der Waals surface area contributed by atoms with Crippen LogP contribution in [0.15, 0.2) is 36.4 Å². The van der Waals surface area contributed by atoms with E-state index in [1.807, 2.05) is 13.0 Å². The number of nitrogens with zero attached hydrogens (tertiary/aromatic N) is 4. The third-order valence-corrected chi connectivity index (χ3v) is 6.34. The number of fused-ring (bicyclic) bond motifs is 7. The van der Waals surface area contributed by atoms with Crippen molar-refractivity contribution in [3.63, 3.8) is 0 Å². The van der Waals surface area contributed by atoms with Crippen LogP contribution in [0, 0.1) is 12.8 Å². The molecule has 1 amide bonds. The normalized spacial score (nSPS) is 17.8. The van der Waals surface area contributed by atoms with Crippen LogP contribution in [0.4, 0.5) is 23.1 Å². The monoisotopic (exact) mass is 482 g/mol. The van der Waals surface area contributed by atoms with Gasteiger partial charge in [-0.3, -0.25) is 15.1 Å². The number of ether oxygens (including phenoxy) is 1. The van der Waals surface area contributed by atoms with Crippen molar-refractivity contribution in [2.45, 2.75) is 32.6 Å². The van der Waals surface area contributed by atoms with Crippen molar-refractivity contribution in [3.05, 3.63) is 47.7 Å². The second kappa shape index (κ2) is 12.0. The van der Waals surface area contributed by atoms with Crippen LogP contribution in [-0.4, -0.2) is 65.8 Å². The number of aliphatic hydroxyl groups excluding tert-OH is 1. The maximum Gasteiger partial charge on any atom is 0.258 e. The maximum absolute atomic E-state index is 13.4. The summed E-state index contributed by atoms with van der Waals surface area (Å²) in [6.07, 6.45) is 8.46. The van der Waals surface area contributed by atoms with Crippen LogP contribution in [0.2, 0.25) is 0 Å². The number of amides is 1. The fraction of sp³-hybridized carbons (Fsp3) is 0.480. The third-order valence-electron chi connectivity index (χ3n) is 6.34. The molecule has 0 unspecified atom stereocenters. The van der Waals surface area contributed by atoms with Gasteiger partial charge in [0.2, 0.25) is 5.95 Å². The molecule has 188 valence electrons. The number of nitrogens with one attached hydrogen (secondary N) is 2. The smallest absolute Gasteiger partial charge is 0.258 e. The summed E-state index contributed by atoms with van der Waals surface area (Å²) in [5.74, 6) is 1.26. The number of hydrogen-bond donors (Lipinski definition) is 4. The Balaban J connectivity index is 1.65. The zero-order chi connectivity index (χ0) is 24.6. The Labute approximate surface area is 205 Å². The Morgan fingerprint density at radius 1 is 1.20 bits per heavy atom. The van der Waals surface area contributed by atoms with Gasteiger partial charge in [0.05, 0.1) is 30.1 Å². The average molecular weight is 483 g/mol. The SMILES string of the molecule is Cc1cc2nc(n1)NCC/C=C/CC1CCN(CC1)c1cc(N(O)CCOCO)ccc1C(=O)N2. The molecule has 5 rings (SSSR count). The third kappa shape index (κ3) is 6.68. The number of rotatable bonds is 5. The molecule has 0 radical (unpaired) electrons. The van der Waals surface area contributed by atoms with Crippen molar-refractivity contribution in [1.82, 2.24) is 9.97 Å². The lowest BCUT2D eigenvalue weighted by Crippen LogP contribution is -2.35. The van der Waals surface area contributed by atoms with Crippen molar-refractivity contribution in [2.24, 2.45) is 5.92 Å². The summed E-state index contributed by atoms with van der Waals surface area (Å²) in [5.41, 5.74) is 2.59. The molecule has 1 aromatic carbocycles. The van der Waals surface area contributed by atoms with E-state index in [0.29, 0.717) is 28.9 Å². The summed E-state index contributed by atoms with van der Waals surface area (Å²) in [4.78, 5) is 24.5. The van der Waals surface area contributed by atoms with E-state index in [1.165, 1.54) is 0 Å². The Morgan fingerprint density at radius 2 is 2.03 bits per heavy atom. The van der Waals surface area contributed by atoms with Crippen molar-refractivity contribution in [3.8, 4) is 0 Å². The molecule has 10 nitrogen and oxygen atoms in total. The summed E-state index contributed by atoms with van der Waals surface area (Å²) in [7, 11) is 0. The van der Waals surface area contributed by atoms with Crippen molar-refractivity contribution in [2.75, 3.05) is 60.2 Å². The van der Waals surface area contributed by atoms with Gasteiger partial charge in [-0.05, 0) is 56.7 Å². The summed E-state index contributed by atoms with van der Waals surface area (Å²) in [6.45, 7) is 4.22. The van der Waals surface area contributed by atoms with E-state index in [0.717, 1.165) is 61.8 Å². The standard InChI is InChI=1S/C25H34N6O4/c1-18-15-23-28-24(33)21-7-6-20(31(34)13-14-35-17-32)16-22(21)30-11-8-19(9-12-30)5-3-2-4-10-26-25(27-18)29-23/h2-3,6-7,15-16,19,32,34H,4-5,8-14,17H2,1H3,(H2,26,27,28,29,33)/b3-2+. The predicted octanol–water partition coefficient (Wildman–Crippen LogP) is 3.18. The lowest BCUT2D eigenvalue weighted by molar-refractivity contribution is -0.00271. The number of piperidine rings is 1. The number of aromatic nitrogens is 2. The van der Waals surface area contributed by atoms with E-state index in [-0.39, 0.29) is 19.1 Å². The van der Waals surface area contributed by atoms with Crippen LogP contribution in [0.5, 0.6) is 0 Å². The van der Waals surface area contributed by atoms with Crippen molar-refractivity contribution < 1.29 is 19.8 Å². The first-order chi connectivity index (χ1) is 17.0. The maximum atomic E-state index is 13.4. The van der Waals surface area contributed by atoms with Gasteiger partial charge in [-0.1, -0.05) is 12.2 Å². The van der Waals surface area contributed by atoms with Crippen LogP contribution in [0.3, 0.4) is 0 Å². The quantitative estimate of drug-likeness (QED) is 0.220. The van der Waals surface area contributed by atoms with E-state index in [1.54, 1.807) is 18.2 Å². The summed E-state index contributed by atoms with van der Waals surface area (Å²) in [5, 5.41) is 26.5. The summed E-state index contributed by atoms with van der Waals surface area (Å²) < 4.78 is 4.93. The first-order valence-electron chi connectivity index (χ1n) is 12.1. The molecule has 0 atom stereocenters. The molecule has 1 fully saturated rings.